The van der Waals surface area contributed by atoms with Crippen LogP contribution in [0.4, 0.5) is 0 Å². The lowest BCUT2D eigenvalue weighted by Crippen LogP contribution is -2.23. The Morgan fingerprint density at radius 3 is 2.74 bits per heavy atom. The quantitative estimate of drug-likeness (QED) is 0.860. The molecule has 1 aromatic carbocycles. The van der Waals surface area contributed by atoms with E-state index >= 15 is 0 Å². The molecule has 0 aliphatic heterocycles. The molecule has 0 saturated carbocycles. The van der Waals surface area contributed by atoms with Crippen LogP contribution in [0.25, 0.3) is 0 Å². The number of hydrogen-bond acceptors (Lipinski definition) is 3. The predicted octanol–water partition coefficient (Wildman–Crippen LogP) is 2.21. The van der Waals surface area contributed by atoms with Crippen molar-refractivity contribution in [1.82, 2.24) is 15.1 Å². The number of nitriles is 1. The molecule has 1 aromatic heterocycles. The second kappa shape index (κ2) is 6.72. The predicted molar refractivity (Wildman–Crippen MR) is 74.3 cm³/mol. The SMILES string of the molecule is Cn1ccc(CCNC(CC#N)c2ccccc2)n1. The summed E-state index contributed by atoms with van der Waals surface area (Å²) < 4.78 is 1.80. The van der Waals surface area contributed by atoms with Gasteiger partial charge in [0.1, 0.15) is 0 Å². The zero-order chi connectivity index (χ0) is 13.5. The molecule has 1 atom stereocenters. The van der Waals surface area contributed by atoms with E-state index in [0.717, 1.165) is 24.2 Å². The fourth-order valence-electron chi connectivity index (χ4n) is 2.06. The van der Waals surface area contributed by atoms with E-state index in [1.54, 1.807) is 4.68 Å². The lowest BCUT2D eigenvalue weighted by Gasteiger charge is -2.15. The maximum absolute atomic E-state index is 8.91. The first kappa shape index (κ1) is 13.3. The minimum Gasteiger partial charge on any atom is -0.309 e. The fraction of sp³-hybridized carbons (Fsp3) is 0.333. The molecule has 0 fully saturated rings. The van der Waals surface area contributed by atoms with Gasteiger partial charge < -0.3 is 5.32 Å². The van der Waals surface area contributed by atoms with E-state index in [0.29, 0.717) is 6.42 Å². The van der Waals surface area contributed by atoms with Gasteiger partial charge in [0.15, 0.2) is 0 Å². The van der Waals surface area contributed by atoms with Gasteiger partial charge in [-0.05, 0) is 11.6 Å². The van der Waals surface area contributed by atoms with Crippen LogP contribution in [0.2, 0.25) is 0 Å². The van der Waals surface area contributed by atoms with Gasteiger partial charge in [-0.2, -0.15) is 10.4 Å². The van der Waals surface area contributed by atoms with Gasteiger partial charge in [-0.25, -0.2) is 0 Å². The summed E-state index contributed by atoms with van der Waals surface area (Å²) in [5, 5.41) is 16.7. The van der Waals surface area contributed by atoms with Crippen molar-refractivity contribution in [2.24, 2.45) is 7.05 Å². The van der Waals surface area contributed by atoms with Gasteiger partial charge in [0, 0.05) is 32.3 Å². The van der Waals surface area contributed by atoms with E-state index in [-0.39, 0.29) is 6.04 Å². The van der Waals surface area contributed by atoms with Gasteiger partial charge in [-0.15, -0.1) is 0 Å². The topological polar surface area (TPSA) is 53.6 Å². The summed E-state index contributed by atoms with van der Waals surface area (Å²) in [4.78, 5) is 0. The van der Waals surface area contributed by atoms with E-state index in [2.05, 4.69) is 28.6 Å². The van der Waals surface area contributed by atoms with E-state index < -0.39 is 0 Å². The molecule has 4 nitrogen and oxygen atoms in total. The third-order valence-corrected chi connectivity index (χ3v) is 3.04. The van der Waals surface area contributed by atoms with Gasteiger partial charge in [0.25, 0.3) is 0 Å². The smallest absolute Gasteiger partial charge is 0.0641 e. The van der Waals surface area contributed by atoms with E-state index in [9.17, 15) is 0 Å². The first-order chi connectivity index (χ1) is 9.29. The van der Waals surface area contributed by atoms with Gasteiger partial charge in [-0.1, -0.05) is 30.3 Å². The Labute approximate surface area is 113 Å². The first-order valence-corrected chi connectivity index (χ1v) is 6.43. The first-order valence-electron chi connectivity index (χ1n) is 6.43. The third-order valence-electron chi connectivity index (χ3n) is 3.04. The van der Waals surface area contributed by atoms with Crippen LogP contribution in [0.3, 0.4) is 0 Å². The minimum absolute atomic E-state index is 0.0925. The highest BCUT2D eigenvalue weighted by molar-refractivity contribution is 5.20. The molecule has 0 saturated heterocycles. The highest BCUT2D eigenvalue weighted by atomic mass is 15.2. The molecule has 0 aliphatic rings. The Balaban J connectivity index is 1.89. The van der Waals surface area contributed by atoms with Gasteiger partial charge >= 0.3 is 0 Å². The molecule has 1 unspecified atom stereocenters. The largest absolute Gasteiger partial charge is 0.309 e. The van der Waals surface area contributed by atoms with Crippen LogP contribution in [-0.4, -0.2) is 16.3 Å². The summed E-state index contributed by atoms with van der Waals surface area (Å²) in [6, 6.07) is 14.4. The molecule has 2 aromatic rings. The minimum atomic E-state index is 0.0925. The van der Waals surface area contributed by atoms with Crippen LogP contribution >= 0.6 is 0 Å². The van der Waals surface area contributed by atoms with Crippen molar-refractivity contribution in [3.8, 4) is 6.07 Å². The van der Waals surface area contributed by atoms with Crippen molar-refractivity contribution >= 4 is 0 Å². The molecule has 4 heteroatoms. The average Bonchev–Trinajstić information content (AvgIpc) is 2.84. The molecule has 1 heterocycles. The summed E-state index contributed by atoms with van der Waals surface area (Å²) in [5.74, 6) is 0. The second-order valence-corrected chi connectivity index (χ2v) is 4.51. The molecule has 2 rings (SSSR count). The van der Waals surface area contributed by atoms with Crippen LogP contribution in [0.15, 0.2) is 42.6 Å². The Kier molecular flexibility index (Phi) is 4.71. The molecule has 1 N–H and O–H groups in total. The van der Waals surface area contributed by atoms with Crippen LogP contribution in [0.1, 0.15) is 23.7 Å². The summed E-state index contributed by atoms with van der Waals surface area (Å²) in [5.41, 5.74) is 2.23. The van der Waals surface area contributed by atoms with Crippen molar-refractivity contribution in [2.75, 3.05) is 6.54 Å². The van der Waals surface area contributed by atoms with E-state index in [4.69, 9.17) is 5.26 Å². The maximum Gasteiger partial charge on any atom is 0.0641 e. The zero-order valence-corrected chi connectivity index (χ0v) is 11.1. The Morgan fingerprint density at radius 2 is 2.11 bits per heavy atom. The Bertz CT molecular complexity index is 539. The van der Waals surface area contributed by atoms with Gasteiger partial charge in [0.05, 0.1) is 18.2 Å². The van der Waals surface area contributed by atoms with Gasteiger partial charge in [-0.3, -0.25) is 4.68 Å². The molecule has 0 bridgehead atoms. The number of rotatable bonds is 6. The van der Waals surface area contributed by atoms with Gasteiger partial charge in [0.2, 0.25) is 0 Å². The van der Waals surface area contributed by atoms with Crippen molar-refractivity contribution in [2.45, 2.75) is 18.9 Å². The molecule has 0 spiro atoms. The standard InChI is InChI=1S/C15H18N4/c1-19-12-9-14(18-19)8-11-17-15(7-10-16)13-5-3-2-4-6-13/h2-6,9,12,15,17H,7-8,11H2,1H3. The molecule has 0 amide bonds. The summed E-state index contributed by atoms with van der Waals surface area (Å²) in [7, 11) is 1.92. The van der Waals surface area contributed by atoms with Crippen molar-refractivity contribution in [1.29, 1.82) is 5.26 Å². The summed E-state index contributed by atoms with van der Waals surface area (Å²) >= 11 is 0. The van der Waals surface area contributed by atoms with E-state index in [1.165, 1.54) is 0 Å². The zero-order valence-electron chi connectivity index (χ0n) is 11.1. The normalized spacial score (nSPS) is 12.0. The lowest BCUT2D eigenvalue weighted by atomic mass is 10.0. The fourth-order valence-corrected chi connectivity index (χ4v) is 2.06. The highest BCUT2D eigenvalue weighted by Gasteiger charge is 2.09. The molecule has 19 heavy (non-hydrogen) atoms. The lowest BCUT2D eigenvalue weighted by molar-refractivity contribution is 0.541. The summed E-state index contributed by atoms with van der Waals surface area (Å²) in [6.45, 7) is 0.818. The molecule has 0 aliphatic carbocycles. The Hall–Kier alpha value is -2.12. The Morgan fingerprint density at radius 1 is 1.32 bits per heavy atom. The van der Waals surface area contributed by atoms with Crippen molar-refractivity contribution < 1.29 is 0 Å². The number of hydrogen-bond donors (Lipinski definition) is 1. The van der Waals surface area contributed by atoms with Crippen LogP contribution in [0, 0.1) is 11.3 Å². The van der Waals surface area contributed by atoms with Crippen molar-refractivity contribution in [3.63, 3.8) is 0 Å². The van der Waals surface area contributed by atoms with Crippen LogP contribution in [-0.2, 0) is 13.5 Å². The average molecular weight is 254 g/mol. The third kappa shape index (κ3) is 3.94. The monoisotopic (exact) mass is 254 g/mol. The van der Waals surface area contributed by atoms with Crippen molar-refractivity contribution in [3.05, 3.63) is 53.9 Å². The highest BCUT2D eigenvalue weighted by Crippen LogP contribution is 2.15. The molecular formula is C15H18N4. The van der Waals surface area contributed by atoms with Crippen LogP contribution in [0.5, 0.6) is 0 Å². The number of aromatic nitrogens is 2. The van der Waals surface area contributed by atoms with E-state index in [1.807, 2.05) is 37.5 Å². The molecule has 0 radical (unpaired) electrons. The molecular weight excluding hydrogens is 236 g/mol. The number of nitrogens with zero attached hydrogens (tertiary/aromatic N) is 3. The molecule has 98 valence electrons. The summed E-state index contributed by atoms with van der Waals surface area (Å²) in [6.07, 6.45) is 3.29. The van der Waals surface area contributed by atoms with Crippen LogP contribution < -0.4 is 5.32 Å². The number of aryl methyl sites for hydroxylation is 1. The number of nitrogens with one attached hydrogen (secondary N) is 1. The maximum atomic E-state index is 8.91. The number of benzene rings is 1. The second-order valence-electron chi connectivity index (χ2n) is 4.51.